The third-order valence-electron chi connectivity index (χ3n) is 3.70. The first-order valence-electron chi connectivity index (χ1n) is 7.01. The van der Waals surface area contributed by atoms with Crippen LogP contribution in [0.5, 0.6) is 11.5 Å². The normalized spacial score (nSPS) is 17.0. The van der Waals surface area contributed by atoms with Crippen LogP contribution in [0.15, 0.2) is 42.5 Å². The minimum Gasteiger partial charge on any atom is -0.493 e. The quantitative estimate of drug-likeness (QED) is 0.938. The van der Waals surface area contributed by atoms with Gasteiger partial charge in [0.25, 0.3) is 0 Å². The van der Waals surface area contributed by atoms with Crippen LogP contribution in [0, 0.1) is 5.82 Å². The summed E-state index contributed by atoms with van der Waals surface area (Å²) >= 11 is 0. The molecule has 0 amide bonds. The summed E-state index contributed by atoms with van der Waals surface area (Å²) in [4.78, 5) is 0. The third-order valence-corrected chi connectivity index (χ3v) is 3.70. The van der Waals surface area contributed by atoms with E-state index in [1.54, 1.807) is 12.1 Å². The van der Waals surface area contributed by atoms with Gasteiger partial charge < -0.3 is 14.6 Å². The van der Waals surface area contributed by atoms with Crippen LogP contribution in [-0.4, -0.2) is 18.3 Å². The molecular formula is C17H17FO3. The highest BCUT2D eigenvalue weighted by Crippen LogP contribution is 2.34. The van der Waals surface area contributed by atoms with Crippen LogP contribution in [0.2, 0.25) is 0 Å². The van der Waals surface area contributed by atoms with Crippen molar-refractivity contribution in [1.29, 1.82) is 0 Å². The predicted molar refractivity (Wildman–Crippen MR) is 77.1 cm³/mol. The van der Waals surface area contributed by atoms with E-state index in [2.05, 4.69) is 0 Å². The Morgan fingerprint density at radius 1 is 1.24 bits per heavy atom. The fraction of sp³-hybridized carbons (Fsp3) is 0.294. The average Bonchev–Trinajstić information content (AvgIpc) is 2.53. The molecule has 0 spiro atoms. The topological polar surface area (TPSA) is 38.7 Å². The summed E-state index contributed by atoms with van der Waals surface area (Å²) in [6.07, 6.45) is 0.855. The van der Waals surface area contributed by atoms with Crippen molar-refractivity contribution in [2.45, 2.75) is 18.9 Å². The molecule has 110 valence electrons. The number of hydrogen-bond acceptors (Lipinski definition) is 3. The Morgan fingerprint density at radius 3 is 2.90 bits per heavy atom. The van der Waals surface area contributed by atoms with E-state index < -0.39 is 5.82 Å². The van der Waals surface area contributed by atoms with Gasteiger partial charge in [0, 0.05) is 11.5 Å². The van der Waals surface area contributed by atoms with Crippen molar-refractivity contribution in [2.24, 2.45) is 0 Å². The highest BCUT2D eigenvalue weighted by Gasteiger charge is 2.22. The van der Waals surface area contributed by atoms with Gasteiger partial charge in [-0.15, -0.1) is 0 Å². The molecule has 1 aliphatic rings. The lowest BCUT2D eigenvalue weighted by molar-refractivity contribution is 0.213. The van der Waals surface area contributed by atoms with Crippen molar-refractivity contribution in [3.05, 3.63) is 59.4 Å². The molecule has 0 radical (unpaired) electrons. The second kappa shape index (κ2) is 6.14. The van der Waals surface area contributed by atoms with E-state index in [0.717, 1.165) is 17.7 Å². The molecule has 1 N–H and O–H groups in total. The van der Waals surface area contributed by atoms with Gasteiger partial charge in [-0.3, -0.25) is 0 Å². The Balaban J connectivity index is 1.71. The van der Waals surface area contributed by atoms with Gasteiger partial charge in [0.1, 0.15) is 5.75 Å². The monoisotopic (exact) mass is 288 g/mol. The summed E-state index contributed by atoms with van der Waals surface area (Å²) in [7, 11) is 0. The maximum atomic E-state index is 13.8. The van der Waals surface area contributed by atoms with Crippen LogP contribution >= 0.6 is 0 Å². The maximum absolute atomic E-state index is 13.8. The number of fused-ring (bicyclic) bond motifs is 1. The first-order chi connectivity index (χ1) is 10.3. The summed E-state index contributed by atoms with van der Waals surface area (Å²) in [5.41, 5.74) is 1.65. The van der Waals surface area contributed by atoms with Crippen molar-refractivity contribution in [3.8, 4) is 11.5 Å². The molecule has 0 saturated heterocycles. The Hall–Kier alpha value is -2.07. The second-order valence-electron chi connectivity index (χ2n) is 5.11. The van der Waals surface area contributed by atoms with E-state index in [-0.39, 0.29) is 18.3 Å². The third kappa shape index (κ3) is 3.00. The van der Waals surface area contributed by atoms with Crippen LogP contribution < -0.4 is 9.47 Å². The molecular weight excluding hydrogens is 271 g/mol. The fourth-order valence-electron chi connectivity index (χ4n) is 2.54. The lowest BCUT2D eigenvalue weighted by Crippen LogP contribution is -2.19. The van der Waals surface area contributed by atoms with Crippen LogP contribution in [0.25, 0.3) is 0 Å². The van der Waals surface area contributed by atoms with Crippen molar-refractivity contribution in [2.75, 3.05) is 13.2 Å². The zero-order chi connectivity index (χ0) is 14.7. The standard InChI is InChI=1S/C17H17FO3/c18-15-9-12(10-19)5-6-17(15)21-11-13-7-8-20-16-4-2-1-3-14(13)16/h1-6,9,13,19H,7-8,10-11H2. The van der Waals surface area contributed by atoms with Gasteiger partial charge in [-0.05, 0) is 30.2 Å². The minimum atomic E-state index is -0.443. The lowest BCUT2D eigenvalue weighted by Gasteiger charge is -2.25. The van der Waals surface area contributed by atoms with Crippen molar-refractivity contribution in [1.82, 2.24) is 0 Å². The summed E-state index contributed by atoms with van der Waals surface area (Å²) in [6, 6.07) is 12.4. The highest BCUT2D eigenvalue weighted by molar-refractivity contribution is 5.38. The largest absolute Gasteiger partial charge is 0.493 e. The van der Waals surface area contributed by atoms with E-state index >= 15 is 0 Å². The van der Waals surface area contributed by atoms with E-state index in [4.69, 9.17) is 14.6 Å². The van der Waals surface area contributed by atoms with Gasteiger partial charge in [0.15, 0.2) is 11.6 Å². The number of para-hydroxylation sites is 1. The fourth-order valence-corrected chi connectivity index (χ4v) is 2.54. The summed E-state index contributed by atoms with van der Waals surface area (Å²) in [6.45, 7) is 0.886. The summed E-state index contributed by atoms with van der Waals surface area (Å²) in [5.74, 6) is 0.860. The Morgan fingerprint density at radius 2 is 2.10 bits per heavy atom. The molecule has 1 aliphatic heterocycles. The molecule has 0 saturated carbocycles. The Bertz CT molecular complexity index is 627. The number of benzene rings is 2. The molecule has 3 rings (SSSR count). The first-order valence-corrected chi connectivity index (χ1v) is 7.01. The highest BCUT2D eigenvalue weighted by atomic mass is 19.1. The molecule has 0 aromatic heterocycles. The summed E-state index contributed by atoms with van der Waals surface area (Å²) < 4.78 is 25.0. The zero-order valence-electron chi connectivity index (χ0n) is 11.6. The van der Waals surface area contributed by atoms with Crippen molar-refractivity contribution in [3.63, 3.8) is 0 Å². The summed E-state index contributed by atoms with van der Waals surface area (Å²) in [5, 5.41) is 8.97. The number of aliphatic hydroxyl groups excluding tert-OH is 1. The molecule has 4 heteroatoms. The molecule has 1 atom stereocenters. The van der Waals surface area contributed by atoms with E-state index in [1.165, 1.54) is 6.07 Å². The molecule has 2 aromatic carbocycles. The molecule has 21 heavy (non-hydrogen) atoms. The second-order valence-corrected chi connectivity index (χ2v) is 5.11. The van der Waals surface area contributed by atoms with Gasteiger partial charge in [0.05, 0.1) is 19.8 Å². The van der Waals surface area contributed by atoms with Gasteiger partial charge in [-0.25, -0.2) is 4.39 Å². The number of ether oxygens (including phenoxy) is 2. The smallest absolute Gasteiger partial charge is 0.165 e. The molecule has 1 heterocycles. The SMILES string of the molecule is OCc1ccc(OCC2CCOc3ccccc32)c(F)c1. The van der Waals surface area contributed by atoms with Crippen LogP contribution in [0.3, 0.4) is 0 Å². The van der Waals surface area contributed by atoms with E-state index in [9.17, 15) is 4.39 Å². The minimum absolute atomic E-state index is 0.176. The number of hydrogen-bond donors (Lipinski definition) is 1. The van der Waals surface area contributed by atoms with Gasteiger partial charge in [-0.1, -0.05) is 24.3 Å². The molecule has 1 unspecified atom stereocenters. The molecule has 2 aromatic rings. The number of rotatable bonds is 4. The number of halogens is 1. The van der Waals surface area contributed by atoms with Gasteiger partial charge in [0.2, 0.25) is 0 Å². The molecule has 0 bridgehead atoms. The van der Waals surface area contributed by atoms with Crippen LogP contribution in [0.1, 0.15) is 23.5 Å². The lowest BCUT2D eigenvalue weighted by atomic mass is 9.94. The first kappa shape index (κ1) is 13.9. The Labute approximate surface area is 122 Å². The van der Waals surface area contributed by atoms with E-state index in [0.29, 0.717) is 18.8 Å². The van der Waals surface area contributed by atoms with Crippen molar-refractivity contribution >= 4 is 0 Å². The maximum Gasteiger partial charge on any atom is 0.165 e. The van der Waals surface area contributed by atoms with Crippen LogP contribution in [-0.2, 0) is 6.61 Å². The Kier molecular flexibility index (Phi) is 4.06. The molecule has 0 aliphatic carbocycles. The van der Waals surface area contributed by atoms with Crippen molar-refractivity contribution < 1.29 is 19.0 Å². The van der Waals surface area contributed by atoms with Gasteiger partial charge >= 0.3 is 0 Å². The van der Waals surface area contributed by atoms with Crippen LogP contribution in [0.4, 0.5) is 4.39 Å². The predicted octanol–water partition coefficient (Wildman–Crippen LogP) is 3.26. The average molecular weight is 288 g/mol. The van der Waals surface area contributed by atoms with Gasteiger partial charge in [-0.2, -0.15) is 0 Å². The molecule has 0 fully saturated rings. The van der Waals surface area contributed by atoms with E-state index in [1.807, 2.05) is 24.3 Å². The zero-order valence-corrected chi connectivity index (χ0v) is 11.6. The number of aliphatic hydroxyl groups is 1. The molecule has 3 nitrogen and oxygen atoms in total.